The van der Waals surface area contributed by atoms with Gasteiger partial charge in [0, 0.05) is 19.0 Å². The van der Waals surface area contributed by atoms with Crippen molar-refractivity contribution in [3.05, 3.63) is 52.0 Å². The van der Waals surface area contributed by atoms with E-state index in [9.17, 15) is 13.2 Å². The number of rotatable bonds is 8. The number of thiazole rings is 1. The van der Waals surface area contributed by atoms with Gasteiger partial charge < -0.3 is 10.6 Å². The molecule has 2 rings (SSSR count). The number of alkyl halides is 3. The van der Waals surface area contributed by atoms with Crippen LogP contribution in [0.25, 0.3) is 0 Å². The van der Waals surface area contributed by atoms with Crippen molar-refractivity contribution in [1.82, 2.24) is 20.5 Å². The lowest BCUT2D eigenvalue weighted by atomic mass is 10.1. The van der Waals surface area contributed by atoms with Crippen LogP contribution in [0.4, 0.5) is 13.2 Å². The van der Waals surface area contributed by atoms with Crippen molar-refractivity contribution in [2.75, 3.05) is 26.7 Å². The molecule has 0 fully saturated rings. The average molecular weight is 541 g/mol. The summed E-state index contributed by atoms with van der Waals surface area (Å²) < 4.78 is 38.0. The Labute approximate surface area is 190 Å². The molecule has 0 radical (unpaired) electrons. The third kappa shape index (κ3) is 7.74. The van der Waals surface area contributed by atoms with Crippen LogP contribution in [0.3, 0.4) is 0 Å². The summed E-state index contributed by atoms with van der Waals surface area (Å²) in [6.07, 6.45) is -4.42. The molecule has 29 heavy (non-hydrogen) atoms. The Bertz CT molecular complexity index is 748. The Kier molecular flexibility index (Phi) is 10.9. The third-order valence-corrected chi connectivity index (χ3v) is 5.22. The maximum atomic E-state index is 12.7. The molecule has 1 heterocycles. The fourth-order valence-corrected chi connectivity index (χ4v) is 3.63. The number of hydrogen-bond donors (Lipinski definition) is 2. The predicted molar refractivity (Wildman–Crippen MR) is 123 cm³/mol. The maximum absolute atomic E-state index is 12.7. The molecule has 2 N–H and O–H groups in total. The lowest BCUT2D eigenvalue weighted by molar-refractivity contribution is -0.140. The topological polar surface area (TPSA) is 52.5 Å². The number of aromatic nitrogens is 1. The van der Waals surface area contributed by atoms with Gasteiger partial charge in [-0.05, 0) is 18.7 Å². The van der Waals surface area contributed by atoms with Gasteiger partial charge in [-0.2, -0.15) is 13.2 Å². The van der Waals surface area contributed by atoms with Crippen LogP contribution in [0.2, 0.25) is 0 Å². The van der Waals surface area contributed by atoms with Crippen molar-refractivity contribution >= 4 is 41.3 Å². The summed E-state index contributed by atoms with van der Waals surface area (Å²) >= 11 is 0.978. The zero-order chi connectivity index (χ0) is 20.6. The van der Waals surface area contributed by atoms with E-state index >= 15 is 0 Å². The molecule has 0 spiro atoms. The highest BCUT2D eigenvalue weighted by Crippen LogP contribution is 2.29. The number of guanidine groups is 1. The molecular formula is C19H27F3IN5S. The van der Waals surface area contributed by atoms with Gasteiger partial charge in [-0.25, -0.2) is 4.98 Å². The average Bonchev–Trinajstić information content (AvgIpc) is 3.17. The number of benzene rings is 1. The molecule has 1 unspecified atom stereocenters. The minimum atomic E-state index is -4.42. The van der Waals surface area contributed by atoms with Crippen LogP contribution in [-0.4, -0.2) is 42.5 Å². The van der Waals surface area contributed by atoms with Gasteiger partial charge in [-0.15, -0.1) is 35.3 Å². The highest BCUT2D eigenvalue weighted by Gasteiger charge is 2.33. The summed E-state index contributed by atoms with van der Waals surface area (Å²) in [5.74, 6) is 0.525. The Morgan fingerprint density at radius 3 is 2.34 bits per heavy atom. The second-order valence-electron chi connectivity index (χ2n) is 6.08. The van der Waals surface area contributed by atoms with Crippen molar-refractivity contribution in [1.29, 1.82) is 0 Å². The molecule has 0 aliphatic carbocycles. The number of nitrogens with zero attached hydrogens (tertiary/aromatic N) is 3. The normalized spacial score (nSPS) is 13.1. The second-order valence-corrected chi connectivity index (χ2v) is 7.02. The van der Waals surface area contributed by atoms with Gasteiger partial charge in [0.15, 0.2) is 11.7 Å². The first kappa shape index (κ1) is 25.6. The van der Waals surface area contributed by atoms with E-state index in [2.05, 4.69) is 51.5 Å². The maximum Gasteiger partial charge on any atom is 0.434 e. The van der Waals surface area contributed by atoms with E-state index in [0.29, 0.717) is 17.5 Å². The SMILES string of the molecule is CCN(CC)C(CNC(=NC)NCc1nc(C(F)(F)F)cs1)c1ccccc1.I. The number of nitrogens with one attached hydrogen (secondary N) is 2. The van der Waals surface area contributed by atoms with Crippen LogP contribution in [0, 0.1) is 0 Å². The van der Waals surface area contributed by atoms with Gasteiger partial charge in [-0.1, -0.05) is 44.2 Å². The monoisotopic (exact) mass is 541 g/mol. The molecule has 0 bridgehead atoms. The summed E-state index contributed by atoms with van der Waals surface area (Å²) in [4.78, 5) is 10.1. The molecule has 1 atom stereocenters. The lowest BCUT2D eigenvalue weighted by Gasteiger charge is -2.30. The Morgan fingerprint density at radius 2 is 1.83 bits per heavy atom. The Morgan fingerprint density at radius 1 is 1.17 bits per heavy atom. The van der Waals surface area contributed by atoms with Crippen LogP contribution >= 0.6 is 35.3 Å². The predicted octanol–water partition coefficient (Wildman–Crippen LogP) is 4.53. The minimum Gasteiger partial charge on any atom is -0.354 e. The number of hydrogen-bond acceptors (Lipinski definition) is 4. The van der Waals surface area contributed by atoms with Crippen LogP contribution in [0.5, 0.6) is 0 Å². The van der Waals surface area contributed by atoms with Gasteiger partial charge in [0.05, 0.1) is 12.6 Å². The standard InChI is InChI=1S/C19H26F3N5S.HI/c1-4-27(5-2)15(14-9-7-6-8-10-14)11-24-18(23-3)25-12-17-26-16(13-28-17)19(20,21)22;/h6-10,13,15H,4-5,11-12H2,1-3H3,(H2,23,24,25);1H. The molecule has 0 saturated carbocycles. The first-order chi connectivity index (χ1) is 13.4. The minimum absolute atomic E-state index is 0. The van der Waals surface area contributed by atoms with Gasteiger partial charge >= 0.3 is 6.18 Å². The summed E-state index contributed by atoms with van der Waals surface area (Å²) in [6, 6.07) is 10.4. The zero-order valence-electron chi connectivity index (χ0n) is 16.7. The van der Waals surface area contributed by atoms with Gasteiger partial charge in [0.25, 0.3) is 0 Å². The molecule has 0 saturated heterocycles. The second kappa shape index (κ2) is 12.3. The molecule has 162 valence electrons. The first-order valence-electron chi connectivity index (χ1n) is 9.14. The van der Waals surface area contributed by atoms with Crippen molar-refractivity contribution < 1.29 is 13.2 Å². The molecule has 1 aromatic carbocycles. The Balaban J connectivity index is 0.00000420. The Hall–Kier alpha value is -1.40. The van der Waals surface area contributed by atoms with Crippen molar-refractivity contribution in [3.63, 3.8) is 0 Å². The van der Waals surface area contributed by atoms with Crippen molar-refractivity contribution in [2.24, 2.45) is 4.99 Å². The van der Waals surface area contributed by atoms with Crippen LogP contribution in [0.15, 0.2) is 40.7 Å². The van der Waals surface area contributed by atoms with Crippen molar-refractivity contribution in [2.45, 2.75) is 32.6 Å². The lowest BCUT2D eigenvalue weighted by Crippen LogP contribution is -2.43. The smallest absolute Gasteiger partial charge is 0.354 e. The molecule has 2 aromatic rings. The molecular weight excluding hydrogens is 514 g/mol. The van der Waals surface area contributed by atoms with Gasteiger partial charge in [-0.3, -0.25) is 9.89 Å². The number of aliphatic imine (C=N–C) groups is 1. The molecule has 10 heteroatoms. The van der Waals surface area contributed by atoms with Crippen LogP contribution in [-0.2, 0) is 12.7 Å². The van der Waals surface area contributed by atoms with E-state index in [1.54, 1.807) is 7.05 Å². The largest absolute Gasteiger partial charge is 0.434 e. The van der Waals surface area contributed by atoms with E-state index in [1.807, 2.05) is 18.2 Å². The number of halogens is 4. The highest BCUT2D eigenvalue weighted by atomic mass is 127. The van der Waals surface area contributed by atoms with Crippen LogP contribution < -0.4 is 10.6 Å². The van der Waals surface area contributed by atoms with E-state index in [0.717, 1.165) is 29.8 Å². The van der Waals surface area contributed by atoms with E-state index in [-0.39, 0.29) is 36.6 Å². The van der Waals surface area contributed by atoms with E-state index in [1.165, 1.54) is 5.56 Å². The quantitative estimate of drug-likeness (QED) is 0.293. The fraction of sp³-hybridized carbons (Fsp3) is 0.474. The van der Waals surface area contributed by atoms with E-state index in [4.69, 9.17) is 0 Å². The van der Waals surface area contributed by atoms with Gasteiger partial charge in [0.1, 0.15) is 5.01 Å². The molecule has 0 amide bonds. The van der Waals surface area contributed by atoms with Crippen molar-refractivity contribution in [3.8, 4) is 0 Å². The summed E-state index contributed by atoms with van der Waals surface area (Å²) in [5, 5.41) is 7.70. The summed E-state index contributed by atoms with van der Waals surface area (Å²) in [7, 11) is 1.63. The molecule has 0 aliphatic rings. The van der Waals surface area contributed by atoms with Crippen LogP contribution in [0.1, 0.15) is 36.2 Å². The molecule has 1 aromatic heterocycles. The fourth-order valence-electron chi connectivity index (χ4n) is 2.89. The zero-order valence-corrected chi connectivity index (χ0v) is 19.8. The number of likely N-dealkylation sites (N-methyl/N-ethyl adjacent to an activating group) is 1. The highest BCUT2D eigenvalue weighted by molar-refractivity contribution is 14.0. The molecule has 5 nitrogen and oxygen atoms in total. The summed E-state index contributed by atoms with van der Waals surface area (Å²) in [5.41, 5.74) is 0.340. The first-order valence-corrected chi connectivity index (χ1v) is 10.0. The van der Waals surface area contributed by atoms with Gasteiger partial charge in [0.2, 0.25) is 0 Å². The third-order valence-electron chi connectivity index (χ3n) is 4.37. The summed E-state index contributed by atoms with van der Waals surface area (Å²) in [6.45, 7) is 6.85. The molecule has 0 aliphatic heterocycles. The van der Waals surface area contributed by atoms with E-state index < -0.39 is 11.9 Å².